The van der Waals surface area contributed by atoms with Crippen LogP contribution < -0.4 is 10.6 Å². The molecule has 0 aromatic carbocycles. The second-order valence-electron chi connectivity index (χ2n) is 11.6. The number of aliphatic hydroxyl groups is 1. The van der Waals surface area contributed by atoms with Gasteiger partial charge in [0.15, 0.2) is 0 Å². The highest BCUT2D eigenvalue weighted by atomic mass is 16.3. The van der Waals surface area contributed by atoms with Crippen molar-refractivity contribution in [1.29, 1.82) is 0 Å². The SMILES string of the molecule is C[C@H]1[C@@H]2[C@@H](O)C([C@H](C)C(=O)NCc3cccnc3)CC[C@@]2(C)CC[C@@H]1NC(=O)C1CCCCC1. The normalized spacial score (nSPS) is 35.1. The van der Waals surface area contributed by atoms with Gasteiger partial charge < -0.3 is 15.7 Å². The molecule has 1 unspecified atom stereocenters. The first kappa shape index (κ1) is 25.2. The highest BCUT2D eigenvalue weighted by Gasteiger charge is 2.54. The van der Waals surface area contributed by atoms with Crippen LogP contribution in [0.25, 0.3) is 0 Å². The average molecular weight is 470 g/mol. The first-order valence-corrected chi connectivity index (χ1v) is 13.5. The Morgan fingerprint density at radius 2 is 1.91 bits per heavy atom. The van der Waals surface area contributed by atoms with Crippen molar-refractivity contribution >= 4 is 11.8 Å². The Labute approximate surface area is 204 Å². The van der Waals surface area contributed by atoms with Crippen LogP contribution in [0.1, 0.15) is 84.1 Å². The maximum atomic E-state index is 13.0. The van der Waals surface area contributed by atoms with Gasteiger partial charge in [0.1, 0.15) is 0 Å². The zero-order valence-electron chi connectivity index (χ0n) is 21.1. The third kappa shape index (κ3) is 5.32. The summed E-state index contributed by atoms with van der Waals surface area (Å²) in [5.74, 6) is 0.303. The first-order chi connectivity index (χ1) is 16.3. The number of aromatic nitrogens is 1. The van der Waals surface area contributed by atoms with Crippen molar-refractivity contribution in [1.82, 2.24) is 15.6 Å². The number of pyridine rings is 1. The minimum absolute atomic E-state index is 0.0119. The molecule has 0 saturated heterocycles. The molecule has 1 heterocycles. The summed E-state index contributed by atoms with van der Waals surface area (Å²) in [5.41, 5.74) is 1.03. The fourth-order valence-corrected chi connectivity index (χ4v) is 7.21. The van der Waals surface area contributed by atoms with E-state index in [2.05, 4.69) is 29.5 Å². The summed E-state index contributed by atoms with van der Waals surface area (Å²) in [6, 6.07) is 3.92. The van der Waals surface area contributed by atoms with Crippen LogP contribution in [0.2, 0.25) is 0 Å². The average Bonchev–Trinajstić information content (AvgIpc) is 2.85. The van der Waals surface area contributed by atoms with Gasteiger partial charge in [-0.25, -0.2) is 0 Å². The Balaban J connectivity index is 1.39. The van der Waals surface area contributed by atoms with Gasteiger partial charge in [-0.05, 0) is 73.3 Å². The van der Waals surface area contributed by atoms with Gasteiger partial charge in [-0.2, -0.15) is 0 Å². The second-order valence-corrected chi connectivity index (χ2v) is 11.6. The molecule has 1 aromatic heterocycles. The summed E-state index contributed by atoms with van der Waals surface area (Å²) >= 11 is 0. The number of carbonyl (C=O) groups is 2. The minimum Gasteiger partial charge on any atom is -0.392 e. The van der Waals surface area contributed by atoms with E-state index in [1.54, 1.807) is 12.4 Å². The van der Waals surface area contributed by atoms with Gasteiger partial charge in [0.25, 0.3) is 0 Å². The molecule has 0 bridgehead atoms. The van der Waals surface area contributed by atoms with E-state index in [9.17, 15) is 14.7 Å². The molecule has 188 valence electrons. The molecule has 0 aliphatic heterocycles. The van der Waals surface area contributed by atoms with E-state index in [1.807, 2.05) is 19.1 Å². The van der Waals surface area contributed by atoms with Gasteiger partial charge in [0.2, 0.25) is 11.8 Å². The molecular weight excluding hydrogens is 426 g/mol. The van der Waals surface area contributed by atoms with Gasteiger partial charge in [-0.15, -0.1) is 0 Å². The molecule has 2 amide bonds. The molecule has 0 spiro atoms. The fourth-order valence-electron chi connectivity index (χ4n) is 7.21. The van der Waals surface area contributed by atoms with E-state index >= 15 is 0 Å². The van der Waals surface area contributed by atoms with Crippen molar-refractivity contribution in [3.8, 4) is 0 Å². The minimum atomic E-state index is -0.540. The van der Waals surface area contributed by atoms with E-state index in [-0.39, 0.29) is 52.9 Å². The smallest absolute Gasteiger partial charge is 0.223 e. The van der Waals surface area contributed by atoms with E-state index in [4.69, 9.17) is 0 Å². The third-order valence-corrected chi connectivity index (χ3v) is 9.44. The Kier molecular flexibility index (Phi) is 7.96. The second kappa shape index (κ2) is 10.8. The molecule has 4 rings (SSSR count). The quantitative estimate of drug-likeness (QED) is 0.582. The van der Waals surface area contributed by atoms with Crippen LogP contribution in [-0.4, -0.2) is 34.1 Å². The van der Waals surface area contributed by atoms with Crippen LogP contribution in [0.4, 0.5) is 0 Å². The van der Waals surface area contributed by atoms with Crippen LogP contribution in [0, 0.1) is 35.0 Å². The molecule has 3 N–H and O–H groups in total. The predicted octanol–water partition coefficient (Wildman–Crippen LogP) is 4.22. The molecular formula is C28H43N3O3. The lowest BCUT2D eigenvalue weighted by Gasteiger charge is -2.56. The maximum Gasteiger partial charge on any atom is 0.223 e. The lowest BCUT2D eigenvalue weighted by molar-refractivity contribution is -0.144. The van der Waals surface area contributed by atoms with Gasteiger partial charge in [0, 0.05) is 36.8 Å². The summed E-state index contributed by atoms with van der Waals surface area (Å²) in [7, 11) is 0. The third-order valence-electron chi connectivity index (χ3n) is 9.44. The van der Waals surface area contributed by atoms with Crippen molar-refractivity contribution in [2.24, 2.45) is 35.0 Å². The Morgan fingerprint density at radius 1 is 1.18 bits per heavy atom. The number of hydrogen-bond donors (Lipinski definition) is 3. The van der Waals surface area contributed by atoms with E-state index < -0.39 is 6.10 Å². The number of amides is 2. The van der Waals surface area contributed by atoms with Crippen molar-refractivity contribution < 1.29 is 14.7 Å². The Hall–Kier alpha value is -1.95. The molecule has 6 heteroatoms. The van der Waals surface area contributed by atoms with Crippen molar-refractivity contribution in [2.75, 3.05) is 0 Å². The van der Waals surface area contributed by atoms with Crippen LogP contribution in [0.15, 0.2) is 24.5 Å². The zero-order chi connectivity index (χ0) is 24.3. The number of nitrogens with zero attached hydrogens (tertiary/aromatic N) is 1. The molecule has 1 aromatic rings. The van der Waals surface area contributed by atoms with Gasteiger partial charge in [-0.1, -0.05) is 46.1 Å². The van der Waals surface area contributed by atoms with Crippen LogP contribution in [0.5, 0.6) is 0 Å². The largest absolute Gasteiger partial charge is 0.392 e. The van der Waals surface area contributed by atoms with Crippen LogP contribution in [-0.2, 0) is 16.1 Å². The number of nitrogens with one attached hydrogen (secondary N) is 2. The fraction of sp³-hybridized carbons (Fsp3) is 0.750. The highest BCUT2D eigenvalue weighted by molar-refractivity contribution is 5.79. The molecule has 3 aliphatic carbocycles. The standard InChI is InChI=1S/C28H43N3O3/c1-18(26(33)30-17-20-8-7-15-29-16-20)22-11-13-28(3)14-12-23(19(2)24(28)25(22)32)31-27(34)21-9-5-4-6-10-21/h7-8,15-16,18-19,21-25,32H,4-6,9-14,17H2,1-3H3,(H,30,33)(H,31,34)/t18-,19+,22?,23-,24+,25-,28-/m0/s1. The molecule has 0 radical (unpaired) electrons. The number of carbonyl (C=O) groups excluding carboxylic acids is 2. The lowest BCUT2D eigenvalue weighted by Crippen LogP contribution is -2.59. The van der Waals surface area contributed by atoms with Crippen molar-refractivity contribution in [3.63, 3.8) is 0 Å². The summed E-state index contributed by atoms with van der Waals surface area (Å²) < 4.78 is 0. The first-order valence-electron chi connectivity index (χ1n) is 13.5. The molecule has 3 fully saturated rings. The Morgan fingerprint density at radius 3 is 2.62 bits per heavy atom. The number of rotatable bonds is 6. The molecule has 34 heavy (non-hydrogen) atoms. The van der Waals surface area contributed by atoms with Crippen molar-refractivity contribution in [3.05, 3.63) is 30.1 Å². The lowest BCUT2D eigenvalue weighted by atomic mass is 9.51. The highest BCUT2D eigenvalue weighted by Crippen LogP contribution is 2.55. The maximum absolute atomic E-state index is 13.0. The van der Waals surface area contributed by atoms with Crippen LogP contribution in [0.3, 0.4) is 0 Å². The predicted molar refractivity (Wildman–Crippen MR) is 132 cm³/mol. The van der Waals surface area contributed by atoms with Crippen molar-refractivity contribution in [2.45, 2.75) is 97.2 Å². The molecule has 7 atom stereocenters. The summed E-state index contributed by atoms with van der Waals surface area (Å²) in [6.07, 6.45) is 12.4. The summed E-state index contributed by atoms with van der Waals surface area (Å²) in [5, 5.41) is 18.0. The van der Waals surface area contributed by atoms with Crippen LogP contribution >= 0.6 is 0 Å². The monoisotopic (exact) mass is 469 g/mol. The van der Waals surface area contributed by atoms with Gasteiger partial charge in [0.05, 0.1) is 6.10 Å². The zero-order valence-corrected chi connectivity index (χ0v) is 21.1. The van der Waals surface area contributed by atoms with E-state index in [1.165, 1.54) is 6.42 Å². The number of hydrogen-bond acceptors (Lipinski definition) is 4. The summed E-state index contributed by atoms with van der Waals surface area (Å²) in [4.78, 5) is 30.0. The van der Waals surface area contributed by atoms with Gasteiger partial charge in [-0.3, -0.25) is 14.6 Å². The molecule has 3 aliphatic rings. The number of aliphatic hydroxyl groups excluding tert-OH is 1. The van der Waals surface area contributed by atoms with E-state index in [0.717, 1.165) is 56.9 Å². The molecule has 6 nitrogen and oxygen atoms in total. The van der Waals surface area contributed by atoms with Gasteiger partial charge >= 0.3 is 0 Å². The molecule has 3 saturated carbocycles. The Bertz CT molecular complexity index is 841. The van der Waals surface area contributed by atoms with E-state index in [0.29, 0.717) is 6.54 Å². The summed E-state index contributed by atoms with van der Waals surface area (Å²) in [6.45, 7) is 6.91. The number of fused-ring (bicyclic) bond motifs is 1. The topological polar surface area (TPSA) is 91.3 Å².